The molecule has 0 saturated carbocycles. The number of benzene rings is 1. The number of hydrazone groups is 1. The van der Waals surface area contributed by atoms with E-state index in [-0.39, 0.29) is 11.3 Å². The lowest BCUT2D eigenvalue weighted by Crippen LogP contribution is -2.28. The van der Waals surface area contributed by atoms with Crippen LogP contribution in [0.2, 0.25) is 0 Å². The minimum atomic E-state index is -0.181. The lowest BCUT2D eigenvalue weighted by Gasteiger charge is -2.23. The van der Waals surface area contributed by atoms with Crippen LogP contribution in [-0.2, 0) is 0 Å². The zero-order valence-electron chi connectivity index (χ0n) is 11.3. The van der Waals surface area contributed by atoms with E-state index in [2.05, 4.69) is 18.9 Å². The van der Waals surface area contributed by atoms with Gasteiger partial charge in [-0.05, 0) is 39.8 Å². The number of allylic oxidation sites excluding steroid dienone is 2. The summed E-state index contributed by atoms with van der Waals surface area (Å²) in [5.41, 5.74) is 2.37. The Balaban J connectivity index is 2.39. The number of carbonyl (C=O) groups excluding carboxylic acids is 1. The van der Waals surface area contributed by atoms with Crippen LogP contribution < -0.4 is 0 Å². The van der Waals surface area contributed by atoms with E-state index in [9.17, 15) is 4.79 Å². The quantitative estimate of drug-likeness (QED) is 0.742. The fourth-order valence-corrected chi connectivity index (χ4v) is 2.12. The molecule has 0 unspecified atom stereocenters. The third-order valence-electron chi connectivity index (χ3n) is 3.51. The molecular weight excluding hydrogens is 224 g/mol. The molecule has 0 bridgehead atoms. The van der Waals surface area contributed by atoms with E-state index >= 15 is 0 Å². The number of hydrogen-bond acceptors (Lipinski definition) is 2. The Labute approximate surface area is 108 Å². The molecule has 0 aliphatic carbocycles. The van der Waals surface area contributed by atoms with Crippen molar-refractivity contribution in [3.63, 3.8) is 0 Å². The maximum absolute atomic E-state index is 12.4. The molecule has 0 aromatic heterocycles. The Morgan fingerprint density at radius 2 is 1.89 bits per heavy atom. The fourth-order valence-electron chi connectivity index (χ4n) is 2.12. The molecule has 0 fully saturated rings. The molecule has 0 spiro atoms. The molecular formula is C15H18N2O. The Morgan fingerprint density at radius 3 is 2.44 bits per heavy atom. The second-order valence-electron chi connectivity index (χ2n) is 4.97. The van der Waals surface area contributed by atoms with E-state index in [4.69, 9.17) is 0 Å². The smallest absolute Gasteiger partial charge is 0.267 e. The summed E-state index contributed by atoms with van der Waals surface area (Å²) in [6.45, 7) is 8.07. The van der Waals surface area contributed by atoms with Gasteiger partial charge in [0.1, 0.15) is 0 Å². The van der Waals surface area contributed by atoms with Crippen LogP contribution in [0.3, 0.4) is 0 Å². The first-order chi connectivity index (χ1) is 8.48. The molecule has 1 aromatic carbocycles. The fraction of sp³-hybridized carbons (Fsp3) is 0.333. The summed E-state index contributed by atoms with van der Waals surface area (Å²) < 4.78 is 0. The Bertz CT molecular complexity index is 527. The highest BCUT2D eigenvalue weighted by Crippen LogP contribution is 2.37. The molecule has 1 heterocycles. The molecule has 94 valence electrons. The van der Waals surface area contributed by atoms with Crippen molar-refractivity contribution in [2.24, 2.45) is 10.5 Å². The Kier molecular flexibility index (Phi) is 3.07. The van der Waals surface area contributed by atoms with Crippen molar-refractivity contribution in [2.75, 3.05) is 0 Å². The number of rotatable bonds is 1. The van der Waals surface area contributed by atoms with Crippen molar-refractivity contribution in [3.8, 4) is 0 Å². The first-order valence-electron chi connectivity index (χ1n) is 6.10. The summed E-state index contributed by atoms with van der Waals surface area (Å²) in [5.74, 6) is -0.0753. The van der Waals surface area contributed by atoms with E-state index in [0.29, 0.717) is 5.56 Å². The first-order valence-corrected chi connectivity index (χ1v) is 6.10. The van der Waals surface area contributed by atoms with E-state index in [1.807, 2.05) is 50.3 Å². The SMILES string of the molecule is C/C=C1/N(C(=O)c2ccccc2)N=C(C)C1(C)C. The second-order valence-corrected chi connectivity index (χ2v) is 4.97. The summed E-state index contributed by atoms with van der Waals surface area (Å²) in [4.78, 5) is 12.4. The van der Waals surface area contributed by atoms with Gasteiger partial charge < -0.3 is 0 Å². The lowest BCUT2D eigenvalue weighted by atomic mass is 9.85. The van der Waals surface area contributed by atoms with Crippen LogP contribution in [0.4, 0.5) is 0 Å². The molecule has 1 aliphatic rings. The van der Waals surface area contributed by atoms with Crippen molar-refractivity contribution in [3.05, 3.63) is 47.7 Å². The van der Waals surface area contributed by atoms with E-state index in [1.165, 1.54) is 5.01 Å². The third kappa shape index (κ3) is 1.86. The van der Waals surface area contributed by atoms with Crippen LogP contribution in [0, 0.1) is 5.41 Å². The Morgan fingerprint density at radius 1 is 1.28 bits per heavy atom. The van der Waals surface area contributed by atoms with Crippen LogP contribution in [0.1, 0.15) is 38.1 Å². The first kappa shape index (κ1) is 12.6. The van der Waals surface area contributed by atoms with Gasteiger partial charge in [-0.1, -0.05) is 24.3 Å². The molecule has 3 heteroatoms. The highest BCUT2D eigenvalue weighted by atomic mass is 16.2. The summed E-state index contributed by atoms with van der Waals surface area (Å²) in [6.07, 6.45) is 1.96. The number of carbonyl (C=O) groups is 1. The zero-order valence-corrected chi connectivity index (χ0v) is 11.3. The van der Waals surface area contributed by atoms with Gasteiger partial charge in [0.25, 0.3) is 5.91 Å². The van der Waals surface area contributed by atoms with Crippen LogP contribution in [0.25, 0.3) is 0 Å². The molecule has 0 atom stereocenters. The van der Waals surface area contributed by atoms with E-state index in [1.54, 1.807) is 0 Å². The average Bonchev–Trinajstić information content (AvgIpc) is 2.60. The summed E-state index contributed by atoms with van der Waals surface area (Å²) >= 11 is 0. The van der Waals surface area contributed by atoms with Gasteiger partial charge in [0.15, 0.2) is 0 Å². The largest absolute Gasteiger partial charge is 0.278 e. The molecule has 1 aromatic rings. The highest BCUT2D eigenvalue weighted by Gasteiger charge is 2.39. The summed E-state index contributed by atoms with van der Waals surface area (Å²) in [5, 5.41) is 5.92. The van der Waals surface area contributed by atoms with E-state index in [0.717, 1.165) is 11.4 Å². The van der Waals surface area contributed by atoms with Gasteiger partial charge in [0.2, 0.25) is 0 Å². The van der Waals surface area contributed by atoms with Gasteiger partial charge in [0.05, 0.1) is 5.70 Å². The summed E-state index contributed by atoms with van der Waals surface area (Å²) in [6, 6.07) is 9.24. The van der Waals surface area contributed by atoms with Crippen LogP contribution >= 0.6 is 0 Å². The lowest BCUT2D eigenvalue weighted by molar-refractivity contribution is 0.0805. The van der Waals surface area contributed by atoms with Gasteiger partial charge >= 0.3 is 0 Å². The molecule has 3 nitrogen and oxygen atoms in total. The molecule has 0 saturated heterocycles. The van der Waals surface area contributed by atoms with Crippen LogP contribution in [-0.4, -0.2) is 16.6 Å². The maximum Gasteiger partial charge on any atom is 0.278 e. The molecule has 18 heavy (non-hydrogen) atoms. The van der Waals surface area contributed by atoms with Gasteiger partial charge in [-0.2, -0.15) is 5.10 Å². The monoisotopic (exact) mass is 242 g/mol. The molecule has 1 aliphatic heterocycles. The van der Waals surface area contributed by atoms with Crippen LogP contribution in [0.5, 0.6) is 0 Å². The number of hydrogen-bond donors (Lipinski definition) is 0. The van der Waals surface area contributed by atoms with Crippen molar-refractivity contribution in [1.82, 2.24) is 5.01 Å². The predicted octanol–water partition coefficient (Wildman–Crippen LogP) is 3.45. The number of amides is 1. The number of nitrogens with zero attached hydrogens (tertiary/aromatic N) is 2. The summed E-state index contributed by atoms with van der Waals surface area (Å²) in [7, 11) is 0. The van der Waals surface area contributed by atoms with Gasteiger partial charge in [-0.15, -0.1) is 0 Å². The minimum Gasteiger partial charge on any atom is -0.267 e. The van der Waals surface area contributed by atoms with Crippen LogP contribution in [0.15, 0.2) is 47.2 Å². The highest BCUT2D eigenvalue weighted by molar-refractivity contribution is 6.01. The molecule has 2 rings (SSSR count). The minimum absolute atomic E-state index is 0.0753. The third-order valence-corrected chi connectivity index (χ3v) is 3.51. The van der Waals surface area contributed by atoms with Crippen molar-refractivity contribution >= 4 is 11.6 Å². The standard InChI is InChI=1S/C15H18N2O/c1-5-13-15(3,4)11(2)16-17(13)14(18)12-9-7-6-8-10-12/h5-10H,1-4H3/b13-5+. The normalized spacial score (nSPS) is 20.1. The van der Waals surface area contributed by atoms with Crippen molar-refractivity contribution in [1.29, 1.82) is 0 Å². The topological polar surface area (TPSA) is 32.7 Å². The van der Waals surface area contributed by atoms with Gasteiger partial charge in [-0.3, -0.25) is 4.79 Å². The van der Waals surface area contributed by atoms with Gasteiger partial charge in [-0.25, -0.2) is 5.01 Å². The van der Waals surface area contributed by atoms with Gasteiger partial charge in [0, 0.05) is 16.7 Å². The second kappa shape index (κ2) is 4.41. The zero-order chi connectivity index (χ0) is 13.3. The molecule has 0 N–H and O–H groups in total. The van der Waals surface area contributed by atoms with E-state index < -0.39 is 0 Å². The average molecular weight is 242 g/mol. The van der Waals surface area contributed by atoms with Crippen molar-refractivity contribution < 1.29 is 4.79 Å². The molecule has 1 amide bonds. The Hall–Kier alpha value is -1.90. The van der Waals surface area contributed by atoms with Crippen molar-refractivity contribution in [2.45, 2.75) is 27.7 Å². The predicted molar refractivity (Wildman–Crippen MR) is 73.3 cm³/mol. The maximum atomic E-state index is 12.4. The molecule has 0 radical (unpaired) electrons.